The van der Waals surface area contributed by atoms with Crippen LogP contribution in [0.2, 0.25) is 0 Å². The molecule has 35 heavy (non-hydrogen) atoms. The molecule has 4 aromatic rings. The van der Waals surface area contributed by atoms with E-state index in [0.717, 1.165) is 66.6 Å². The number of nitrogens with zero attached hydrogens (tertiary/aromatic N) is 7. The molecular formula is C26H29N9. The first-order valence-electron chi connectivity index (χ1n) is 11.7. The highest BCUT2D eigenvalue weighted by Gasteiger charge is 2.28. The van der Waals surface area contributed by atoms with Gasteiger partial charge < -0.3 is 14.8 Å². The lowest BCUT2D eigenvalue weighted by Gasteiger charge is -2.41. The molecule has 0 amide bonds. The molecule has 0 radical (unpaired) electrons. The van der Waals surface area contributed by atoms with Crippen LogP contribution in [0.1, 0.15) is 23.7 Å². The first kappa shape index (κ1) is 22.5. The van der Waals surface area contributed by atoms with Crippen molar-refractivity contribution in [3.05, 3.63) is 84.2 Å². The molecule has 0 bridgehead atoms. The number of piperazine rings is 1. The number of nitrogens with one attached hydrogen (secondary N) is 2. The van der Waals surface area contributed by atoms with E-state index in [2.05, 4.69) is 72.1 Å². The SMILES string of the molecule is C[C@@H]1CN(C(=NC=N)c2cc(-c3cnn(C)c3)c[nH]2)CCN1c1ncc(Cc2ccccc2)cn1. The maximum atomic E-state index is 7.60. The Labute approximate surface area is 204 Å². The Morgan fingerprint density at radius 1 is 1.11 bits per heavy atom. The molecule has 5 rings (SSSR count). The van der Waals surface area contributed by atoms with Crippen LogP contribution in [0, 0.1) is 5.41 Å². The summed E-state index contributed by atoms with van der Waals surface area (Å²) in [6, 6.07) is 12.6. The zero-order valence-corrected chi connectivity index (χ0v) is 20.0. The van der Waals surface area contributed by atoms with E-state index in [0.29, 0.717) is 0 Å². The maximum absolute atomic E-state index is 7.60. The third kappa shape index (κ3) is 4.98. The monoisotopic (exact) mass is 467 g/mol. The van der Waals surface area contributed by atoms with Gasteiger partial charge in [-0.2, -0.15) is 5.10 Å². The molecule has 3 aromatic heterocycles. The average Bonchev–Trinajstić information content (AvgIpc) is 3.53. The molecule has 9 heteroatoms. The summed E-state index contributed by atoms with van der Waals surface area (Å²) in [6.07, 6.45) is 11.6. The summed E-state index contributed by atoms with van der Waals surface area (Å²) in [5, 5.41) is 11.9. The van der Waals surface area contributed by atoms with Gasteiger partial charge >= 0.3 is 0 Å². The Morgan fingerprint density at radius 3 is 2.60 bits per heavy atom. The van der Waals surface area contributed by atoms with Gasteiger partial charge in [0.1, 0.15) is 6.34 Å². The second kappa shape index (κ2) is 9.92. The lowest BCUT2D eigenvalue weighted by Crippen LogP contribution is -2.54. The summed E-state index contributed by atoms with van der Waals surface area (Å²) in [5.41, 5.74) is 5.31. The second-order valence-electron chi connectivity index (χ2n) is 8.83. The minimum absolute atomic E-state index is 0.187. The lowest BCUT2D eigenvalue weighted by atomic mass is 10.1. The van der Waals surface area contributed by atoms with Crippen molar-refractivity contribution in [1.29, 1.82) is 5.41 Å². The summed E-state index contributed by atoms with van der Waals surface area (Å²) in [7, 11) is 1.90. The number of aryl methyl sites for hydroxylation is 1. The van der Waals surface area contributed by atoms with E-state index in [9.17, 15) is 0 Å². The third-order valence-corrected chi connectivity index (χ3v) is 6.28. The molecule has 9 nitrogen and oxygen atoms in total. The second-order valence-corrected chi connectivity index (χ2v) is 8.83. The van der Waals surface area contributed by atoms with Gasteiger partial charge in [0.25, 0.3) is 0 Å². The Balaban J connectivity index is 1.27. The zero-order chi connectivity index (χ0) is 24.2. The van der Waals surface area contributed by atoms with Crippen LogP contribution < -0.4 is 4.90 Å². The zero-order valence-electron chi connectivity index (χ0n) is 20.0. The van der Waals surface area contributed by atoms with Gasteiger partial charge in [-0.15, -0.1) is 0 Å². The summed E-state index contributed by atoms with van der Waals surface area (Å²) >= 11 is 0. The van der Waals surface area contributed by atoms with Crippen molar-refractivity contribution in [2.24, 2.45) is 12.0 Å². The minimum Gasteiger partial charge on any atom is -0.358 e. The summed E-state index contributed by atoms with van der Waals surface area (Å²) < 4.78 is 1.78. The normalized spacial score (nSPS) is 16.5. The molecule has 4 heterocycles. The number of aromatic amines is 1. The molecule has 1 atom stereocenters. The molecule has 1 aliphatic heterocycles. The largest absolute Gasteiger partial charge is 0.358 e. The van der Waals surface area contributed by atoms with Gasteiger partial charge in [-0.3, -0.25) is 10.1 Å². The maximum Gasteiger partial charge on any atom is 0.225 e. The van der Waals surface area contributed by atoms with Gasteiger partial charge in [0.15, 0.2) is 5.84 Å². The fourth-order valence-electron chi connectivity index (χ4n) is 4.51. The highest BCUT2D eigenvalue weighted by Crippen LogP contribution is 2.23. The van der Waals surface area contributed by atoms with Crippen LogP contribution in [0.3, 0.4) is 0 Å². The van der Waals surface area contributed by atoms with Crippen LogP contribution in [0.15, 0.2) is 72.4 Å². The van der Waals surface area contributed by atoms with Crippen molar-refractivity contribution in [2.75, 3.05) is 24.5 Å². The highest BCUT2D eigenvalue weighted by atomic mass is 15.4. The van der Waals surface area contributed by atoms with Crippen molar-refractivity contribution in [3.8, 4) is 11.1 Å². The number of benzene rings is 1. The van der Waals surface area contributed by atoms with Crippen molar-refractivity contribution in [3.63, 3.8) is 0 Å². The number of H-pyrrole nitrogens is 1. The number of hydrogen-bond donors (Lipinski definition) is 2. The molecule has 1 fully saturated rings. The molecule has 0 spiro atoms. The van der Waals surface area contributed by atoms with Gasteiger partial charge in [0.2, 0.25) is 5.95 Å². The van der Waals surface area contributed by atoms with E-state index < -0.39 is 0 Å². The van der Waals surface area contributed by atoms with Crippen LogP contribution in [-0.4, -0.2) is 67.5 Å². The van der Waals surface area contributed by atoms with Crippen LogP contribution >= 0.6 is 0 Å². The average molecular weight is 468 g/mol. The molecule has 0 saturated carbocycles. The fourth-order valence-corrected chi connectivity index (χ4v) is 4.51. The van der Waals surface area contributed by atoms with Gasteiger partial charge in [0, 0.05) is 75.1 Å². The molecule has 0 unspecified atom stereocenters. The number of anilines is 1. The molecule has 0 aliphatic carbocycles. The van der Waals surface area contributed by atoms with Crippen molar-refractivity contribution >= 4 is 18.1 Å². The van der Waals surface area contributed by atoms with Crippen LogP contribution in [0.4, 0.5) is 5.95 Å². The third-order valence-electron chi connectivity index (χ3n) is 6.28. The first-order chi connectivity index (χ1) is 17.1. The minimum atomic E-state index is 0.187. The lowest BCUT2D eigenvalue weighted by molar-refractivity contribution is 0.335. The van der Waals surface area contributed by atoms with Crippen LogP contribution in [0.25, 0.3) is 11.1 Å². The Morgan fingerprint density at radius 2 is 1.91 bits per heavy atom. The van der Waals surface area contributed by atoms with E-state index in [4.69, 9.17) is 5.41 Å². The van der Waals surface area contributed by atoms with Gasteiger partial charge in [0.05, 0.1) is 11.9 Å². The number of aromatic nitrogens is 5. The van der Waals surface area contributed by atoms with Gasteiger partial charge in [-0.1, -0.05) is 30.3 Å². The molecule has 1 saturated heterocycles. The summed E-state index contributed by atoms with van der Waals surface area (Å²) in [4.78, 5) is 21.5. The number of amidine groups is 1. The number of hydrogen-bond acceptors (Lipinski definition) is 5. The van der Waals surface area contributed by atoms with Crippen molar-refractivity contribution in [2.45, 2.75) is 19.4 Å². The Bertz CT molecular complexity index is 1300. The smallest absolute Gasteiger partial charge is 0.225 e. The summed E-state index contributed by atoms with van der Waals surface area (Å²) in [5.74, 6) is 1.51. The summed E-state index contributed by atoms with van der Waals surface area (Å²) in [6.45, 7) is 4.45. The first-order valence-corrected chi connectivity index (χ1v) is 11.7. The predicted molar refractivity (Wildman–Crippen MR) is 138 cm³/mol. The standard InChI is InChI=1S/C26H29N9/c1-19-16-34(25(31-18-27)24-11-22(14-28-24)23-15-32-33(2)17-23)8-9-35(19)26-29-12-21(13-30-26)10-20-6-4-3-5-7-20/h3-7,11-15,17-19,27-28H,8-10,16H2,1-2H3/t19-/m1/s1. The Kier molecular flexibility index (Phi) is 6.38. The van der Waals surface area contributed by atoms with Crippen molar-refractivity contribution in [1.82, 2.24) is 29.6 Å². The van der Waals surface area contributed by atoms with E-state index in [-0.39, 0.29) is 6.04 Å². The van der Waals surface area contributed by atoms with Crippen LogP contribution in [-0.2, 0) is 13.5 Å². The quantitative estimate of drug-likeness (QED) is 0.334. The Hall–Kier alpha value is -4.27. The van der Waals surface area contributed by atoms with Gasteiger partial charge in [-0.05, 0) is 24.1 Å². The van der Waals surface area contributed by atoms with Crippen molar-refractivity contribution < 1.29 is 0 Å². The predicted octanol–water partition coefficient (Wildman–Crippen LogP) is 3.36. The van der Waals surface area contributed by atoms with Gasteiger partial charge in [-0.25, -0.2) is 15.0 Å². The van der Waals surface area contributed by atoms with E-state index in [1.54, 1.807) is 4.68 Å². The molecule has 1 aliphatic rings. The van der Waals surface area contributed by atoms with E-state index >= 15 is 0 Å². The molecular weight excluding hydrogens is 438 g/mol. The number of rotatable bonds is 6. The molecule has 178 valence electrons. The number of aliphatic imine (C=N–C) groups is 1. The topological polar surface area (TPSA) is 102 Å². The molecule has 2 N–H and O–H groups in total. The van der Waals surface area contributed by atoms with E-state index in [1.165, 1.54) is 5.56 Å². The van der Waals surface area contributed by atoms with Crippen LogP contribution in [0.5, 0.6) is 0 Å². The molecule has 1 aromatic carbocycles. The highest BCUT2D eigenvalue weighted by molar-refractivity contribution is 6.01. The van der Waals surface area contributed by atoms with E-state index in [1.807, 2.05) is 44.1 Å². The fraction of sp³-hybridized carbons (Fsp3) is 0.269.